The highest BCUT2D eigenvalue weighted by Crippen LogP contribution is 2.31. The van der Waals surface area contributed by atoms with Crippen molar-refractivity contribution in [3.63, 3.8) is 0 Å². The Kier molecular flexibility index (Phi) is 1.87. The summed E-state index contributed by atoms with van der Waals surface area (Å²) in [7, 11) is 0. The number of nitrogens with zero attached hydrogens (tertiary/aromatic N) is 3. The number of piperazine rings is 1. The summed E-state index contributed by atoms with van der Waals surface area (Å²) in [6, 6.07) is 1.31. The fourth-order valence-electron chi connectivity index (χ4n) is 2.62. The highest BCUT2D eigenvalue weighted by molar-refractivity contribution is 5.46. The zero-order valence-corrected chi connectivity index (χ0v) is 8.06. The quantitative estimate of drug-likeness (QED) is 0.696. The Morgan fingerprint density at radius 3 is 2.43 bits per heavy atom. The van der Waals surface area contributed by atoms with E-state index in [2.05, 4.69) is 20.2 Å². The van der Waals surface area contributed by atoms with Gasteiger partial charge in [-0.05, 0) is 12.8 Å². The second kappa shape index (κ2) is 3.20. The highest BCUT2D eigenvalue weighted by Gasteiger charge is 2.36. The van der Waals surface area contributed by atoms with Crippen LogP contribution >= 0.6 is 0 Å². The van der Waals surface area contributed by atoms with Gasteiger partial charge < -0.3 is 10.2 Å². The number of hydrogen-bond acceptors (Lipinski definition) is 4. The first kappa shape index (κ1) is 8.17. The van der Waals surface area contributed by atoms with Gasteiger partial charge in [0, 0.05) is 25.2 Å². The summed E-state index contributed by atoms with van der Waals surface area (Å²) in [5.41, 5.74) is 1.18. The van der Waals surface area contributed by atoms with E-state index >= 15 is 0 Å². The molecule has 0 amide bonds. The van der Waals surface area contributed by atoms with Crippen LogP contribution in [0.15, 0.2) is 18.7 Å². The topological polar surface area (TPSA) is 41.1 Å². The Morgan fingerprint density at radius 2 is 1.79 bits per heavy atom. The Balaban J connectivity index is 1.92. The van der Waals surface area contributed by atoms with Gasteiger partial charge in [-0.15, -0.1) is 0 Å². The molecular weight excluding hydrogens is 176 g/mol. The lowest BCUT2D eigenvalue weighted by atomic mass is 10.2. The van der Waals surface area contributed by atoms with Crippen molar-refractivity contribution in [2.24, 2.45) is 0 Å². The molecule has 4 heteroatoms. The van der Waals surface area contributed by atoms with E-state index in [-0.39, 0.29) is 0 Å². The minimum atomic E-state index is 0.653. The molecule has 4 nitrogen and oxygen atoms in total. The first-order chi connectivity index (χ1) is 6.95. The highest BCUT2D eigenvalue weighted by atomic mass is 15.3. The minimum absolute atomic E-state index is 0.653. The molecule has 2 aliphatic heterocycles. The number of anilines is 1. The fraction of sp³-hybridized carbons (Fsp3) is 0.600. The zero-order valence-electron chi connectivity index (χ0n) is 8.06. The van der Waals surface area contributed by atoms with Crippen LogP contribution in [0.25, 0.3) is 0 Å². The standard InChI is InChI=1S/C10H14N4/c1-2-9-4-11-3-8(1)14(9)10-5-12-7-13-6-10/h5-9,11H,1-4H2. The molecule has 14 heavy (non-hydrogen) atoms. The Morgan fingerprint density at radius 1 is 1.14 bits per heavy atom. The van der Waals surface area contributed by atoms with E-state index in [0.29, 0.717) is 12.1 Å². The molecule has 2 bridgehead atoms. The van der Waals surface area contributed by atoms with E-state index in [0.717, 1.165) is 13.1 Å². The van der Waals surface area contributed by atoms with Gasteiger partial charge in [0.15, 0.2) is 0 Å². The predicted octanol–water partition coefficient (Wildman–Crippen LogP) is 0.417. The van der Waals surface area contributed by atoms with Crippen molar-refractivity contribution in [3.05, 3.63) is 18.7 Å². The summed E-state index contributed by atoms with van der Waals surface area (Å²) in [4.78, 5) is 10.6. The van der Waals surface area contributed by atoms with E-state index in [1.807, 2.05) is 12.4 Å². The minimum Gasteiger partial charge on any atom is -0.361 e. The summed E-state index contributed by atoms with van der Waals surface area (Å²) in [5.74, 6) is 0. The molecule has 2 fully saturated rings. The van der Waals surface area contributed by atoms with Crippen LogP contribution in [0.4, 0.5) is 5.69 Å². The van der Waals surface area contributed by atoms with Crippen LogP contribution in [-0.4, -0.2) is 35.1 Å². The predicted molar refractivity (Wildman–Crippen MR) is 54.2 cm³/mol. The van der Waals surface area contributed by atoms with Crippen molar-refractivity contribution in [2.75, 3.05) is 18.0 Å². The van der Waals surface area contributed by atoms with Gasteiger partial charge in [-0.3, -0.25) is 0 Å². The van der Waals surface area contributed by atoms with Gasteiger partial charge in [0.05, 0.1) is 18.1 Å². The molecule has 1 N–H and O–H groups in total. The number of fused-ring (bicyclic) bond motifs is 2. The van der Waals surface area contributed by atoms with Gasteiger partial charge >= 0.3 is 0 Å². The van der Waals surface area contributed by atoms with Crippen molar-refractivity contribution >= 4 is 5.69 Å². The van der Waals surface area contributed by atoms with Crippen molar-refractivity contribution in [1.82, 2.24) is 15.3 Å². The lowest BCUT2D eigenvalue weighted by Crippen LogP contribution is -2.52. The molecule has 0 saturated carbocycles. The van der Waals surface area contributed by atoms with E-state index in [9.17, 15) is 0 Å². The summed E-state index contributed by atoms with van der Waals surface area (Å²) in [6.07, 6.45) is 8.03. The molecule has 2 unspecified atom stereocenters. The maximum absolute atomic E-state index is 4.08. The van der Waals surface area contributed by atoms with Crippen LogP contribution in [0.5, 0.6) is 0 Å². The van der Waals surface area contributed by atoms with Crippen molar-refractivity contribution in [2.45, 2.75) is 24.9 Å². The molecule has 1 aromatic heterocycles. The SMILES string of the molecule is c1ncc(N2C3CCC2CNC3)cn1. The lowest BCUT2D eigenvalue weighted by Gasteiger charge is -2.36. The van der Waals surface area contributed by atoms with Crippen LogP contribution in [0.3, 0.4) is 0 Å². The third-order valence-electron chi connectivity index (χ3n) is 3.22. The van der Waals surface area contributed by atoms with Crippen LogP contribution in [0.2, 0.25) is 0 Å². The second-order valence-electron chi connectivity index (χ2n) is 4.05. The van der Waals surface area contributed by atoms with Gasteiger partial charge in [0.1, 0.15) is 6.33 Å². The third-order valence-corrected chi connectivity index (χ3v) is 3.22. The molecule has 0 aliphatic carbocycles. The normalized spacial score (nSPS) is 30.7. The van der Waals surface area contributed by atoms with Crippen molar-refractivity contribution in [1.29, 1.82) is 0 Å². The maximum Gasteiger partial charge on any atom is 0.115 e. The molecule has 2 aliphatic rings. The van der Waals surface area contributed by atoms with Gasteiger partial charge in [0.2, 0.25) is 0 Å². The molecule has 2 saturated heterocycles. The molecule has 0 spiro atoms. The van der Waals surface area contributed by atoms with Crippen LogP contribution in [0.1, 0.15) is 12.8 Å². The fourth-order valence-corrected chi connectivity index (χ4v) is 2.62. The second-order valence-corrected chi connectivity index (χ2v) is 4.05. The number of aromatic nitrogens is 2. The lowest BCUT2D eigenvalue weighted by molar-refractivity contribution is 0.484. The molecule has 74 valence electrons. The first-order valence-corrected chi connectivity index (χ1v) is 5.19. The van der Waals surface area contributed by atoms with E-state index in [1.165, 1.54) is 18.5 Å². The number of hydrogen-bond donors (Lipinski definition) is 1. The molecular formula is C10H14N4. The molecule has 3 heterocycles. The molecule has 0 radical (unpaired) electrons. The van der Waals surface area contributed by atoms with Gasteiger partial charge in [-0.25, -0.2) is 9.97 Å². The summed E-state index contributed by atoms with van der Waals surface area (Å²) in [5, 5.41) is 3.46. The number of rotatable bonds is 1. The first-order valence-electron chi connectivity index (χ1n) is 5.19. The monoisotopic (exact) mass is 190 g/mol. The van der Waals surface area contributed by atoms with E-state index < -0.39 is 0 Å². The Bertz CT molecular complexity index is 297. The number of nitrogens with one attached hydrogen (secondary N) is 1. The molecule has 2 atom stereocenters. The van der Waals surface area contributed by atoms with Crippen LogP contribution in [0, 0.1) is 0 Å². The van der Waals surface area contributed by atoms with Crippen LogP contribution < -0.4 is 10.2 Å². The Labute approximate surface area is 83.4 Å². The summed E-state index contributed by atoms with van der Waals surface area (Å²) in [6.45, 7) is 2.21. The molecule has 0 aromatic carbocycles. The third kappa shape index (κ3) is 1.18. The molecule has 3 rings (SSSR count). The van der Waals surface area contributed by atoms with Gasteiger partial charge in [0.25, 0.3) is 0 Å². The maximum atomic E-state index is 4.08. The van der Waals surface area contributed by atoms with Crippen molar-refractivity contribution < 1.29 is 0 Å². The van der Waals surface area contributed by atoms with Crippen LogP contribution in [-0.2, 0) is 0 Å². The summed E-state index contributed by atoms with van der Waals surface area (Å²) < 4.78 is 0. The van der Waals surface area contributed by atoms with Gasteiger partial charge in [-0.1, -0.05) is 0 Å². The largest absolute Gasteiger partial charge is 0.361 e. The molecule has 1 aromatic rings. The van der Waals surface area contributed by atoms with E-state index in [1.54, 1.807) is 6.33 Å². The zero-order chi connectivity index (χ0) is 9.38. The smallest absolute Gasteiger partial charge is 0.115 e. The van der Waals surface area contributed by atoms with Gasteiger partial charge in [-0.2, -0.15) is 0 Å². The Hall–Kier alpha value is -1.16. The average molecular weight is 190 g/mol. The average Bonchev–Trinajstić information content (AvgIpc) is 2.50. The van der Waals surface area contributed by atoms with Crippen molar-refractivity contribution in [3.8, 4) is 0 Å². The van der Waals surface area contributed by atoms with E-state index in [4.69, 9.17) is 0 Å². The summed E-state index contributed by atoms with van der Waals surface area (Å²) >= 11 is 0.